The number of rotatable bonds is 5. The summed E-state index contributed by atoms with van der Waals surface area (Å²) in [7, 11) is 1.34. The van der Waals surface area contributed by atoms with E-state index in [2.05, 4.69) is 0 Å². The number of carbonyl (C=O) groups is 1. The second-order valence-electron chi connectivity index (χ2n) is 4.77. The van der Waals surface area contributed by atoms with Gasteiger partial charge in [0.05, 0.1) is 19.3 Å². The summed E-state index contributed by atoms with van der Waals surface area (Å²) < 4.78 is 10.4. The molecule has 0 radical (unpaired) electrons. The average Bonchev–Trinajstić information content (AvgIpc) is 3.16. The molecule has 1 aliphatic carbocycles. The van der Waals surface area contributed by atoms with E-state index in [4.69, 9.17) is 15.2 Å². The molecule has 0 heterocycles. The Morgan fingerprint density at radius 2 is 2.17 bits per heavy atom. The Morgan fingerprint density at radius 1 is 1.44 bits per heavy atom. The van der Waals surface area contributed by atoms with E-state index in [1.165, 1.54) is 20.0 Å². The first-order valence-corrected chi connectivity index (χ1v) is 6.23. The smallest absolute Gasteiger partial charge is 0.340 e. The van der Waals surface area contributed by atoms with Gasteiger partial charge in [-0.05, 0) is 37.0 Å². The van der Waals surface area contributed by atoms with Gasteiger partial charge < -0.3 is 15.2 Å². The average molecular weight is 249 g/mol. The lowest BCUT2D eigenvalue weighted by Crippen LogP contribution is -2.08. The number of hydrogen-bond donors (Lipinski definition) is 1. The predicted octanol–water partition coefficient (Wildman–Crippen LogP) is 2.54. The molecular formula is C14H19NO3. The van der Waals surface area contributed by atoms with Crippen molar-refractivity contribution in [3.63, 3.8) is 0 Å². The molecule has 1 saturated carbocycles. The van der Waals surface area contributed by atoms with Gasteiger partial charge in [-0.15, -0.1) is 0 Å². The third-order valence-corrected chi connectivity index (χ3v) is 3.26. The molecule has 0 unspecified atom stereocenters. The minimum Gasteiger partial charge on any atom is -0.494 e. The van der Waals surface area contributed by atoms with Crippen molar-refractivity contribution in [1.29, 1.82) is 0 Å². The Kier molecular flexibility index (Phi) is 3.75. The lowest BCUT2D eigenvalue weighted by molar-refractivity contribution is 0.0601. The van der Waals surface area contributed by atoms with Crippen molar-refractivity contribution in [2.45, 2.75) is 26.2 Å². The Morgan fingerprint density at radius 3 is 2.78 bits per heavy atom. The van der Waals surface area contributed by atoms with Crippen molar-refractivity contribution >= 4 is 11.7 Å². The number of hydrogen-bond acceptors (Lipinski definition) is 4. The van der Waals surface area contributed by atoms with Crippen molar-refractivity contribution in [3.8, 4) is 5.75 Å². The molecule has 0 amide bonds. The zero-order valence-electron chi connectivity index (χ0n) is 10.9. The number of anilines is 1. The number of carbonyl (C=O) groups excluding carboxylic acids is 1. The van der Waals surface area contributed by atoms with Gasteiger partial charge in [0.25, 0.3) is 0 Å². The fraction of sp³-hybridized carbons (Fsp3) is 0.500. The molecule has 0 saturated heterocycles. The molecule has 0 aliphatic heterocycles. The van der Waals surface area contributed by atoms with Gasteiger partial charge in [0.15, 0.2) is 0 Å². The summed E-state index contributed by atoms with van der Waals surface area (Å²) in [5.41, 5.74) is 7.52. The highest BCUT2D eigenvalue weighted by atomic mass is 16.5. The van der Waals surface area contributed by atoms with Crippen LogP contribution in [0, 0.1) is 12.8 Å². The second-order valence-corrected chi connectivity index (χ2v) is 4.77. The van der Waals surface area contributed by atoms with Gasteiger partial charge in [-0.3, -0.25) is 0 Å². The van der Waals surface area contributed by atoms with Crippen LogP contribution in [-0.2, 0) is 4.74 Å². The summed E-state index contributed by atoms with van der Waals surface area (Å²) in [4.78, 5) is 11.6. The van der Waals surface area contributed by atoms with Crippen LogP contribution in [0.2, 0.25) is 0 Å². The standard InChI is InChI=1S/C14H19NO3/c1-9-7-11(18-6-5-10-3-4-10)8-12(13(9)15)14(16)17-2/h7-8,10H,3-6,15H2,1-2H3. The van der Waals surface area contributed by atoms with Gasteiger partial charge in [-0.25, -0.2) is 4.79 Å². The Balaban J connectivity index is 2.09. The van der Waals surface area contributed by atoms with E-state index < -0.39 is 5.97 Å². The van der Waals surface area contributed by atoms with E-state index in [9.17, 15) is 4.79 Å². The zero-order chi connectivity index (χ0) is 13.1. The van der Waals surface area contributed by atoms with E-state index in [0.29, 0.717) is 23.6 Å². The third kappa shape index (κ3) is 2.94. The summed E-state index contributed by atoms with van der Waals surface area (Å²) in [6.07, 6.45) is 3.71. The van der Waals surface area contributed by atoms with E-state index in [1.54, 1.807) is 6.07 Å². The minimum absolute atomic E-state index is 0.374. The number of ether oxygens (including phenoxy) is 2. The molecular weight excluding hydrogens is 230 g/mol. The molecule has 2 rings (SSSR count). The minimum atomic E-state index is -0.428. The van der Waals surface area contributed by atoms with E-state index in [0.717, 1.165) is 17.9 Å². The molecule has 1 aromatic carbocycles. The SMILES string of the molecule is COC(=O)c1cc(OCCC2CC2)cc(C)c1N. The van der Waals surface area contributed by atoms with Crippen molar-refractivity contribution in [2.24, 2.45) is 5.92 Å². The molecule has 2 N–H and O–H groups in total. The fourth-order valence-electron chi connectivity index (χ4n) is 1.88. The molecule has 98 valence electrons. The van der Waals surface area contributed by atoms with E-state index in [-0.39, 0.29) is 0 Å². The fourth-order valence-corrected chi connectivity index (χ4v) is 1.88. The van der Waals surface area contributed by atoms with Crippen molar-refractivity contribution in [3.05, 3.63) is 23.3 Å². The lowest BCUT2D eigenvalue weighted by Gasteiger charge is -2.11. The summed E-state index contributed by atoms with van der Waals surface area (Å²) >= 11 is 0. The number of esters is 1. The highest BCUT2D eigenvalue weighted by molar-refractivity contribution is 5.96. The van der Waals surface area contributed by atoms with Crippen LogP contribution in [0.25, 0.3) is 0 Å². The van der Waals surface area contributed by atoms with Crippen LogP contribution in [0.15, 0.2) is 12.1 Å². The molecule has 1 fully saturated rings. The Bertz CT molecular complexity index is 453. The third-order valence-electron chi connectivity index (χ3n) is 3.26. The number of benzene rings is 1. The van der Waals surface area contributed by atoms with Gasteiger partial charge in [0.2, 0.25) is 0 Å². The summed E-state index contributed by atoms with van der Waals surface area (Å²) in [6, 6.07) is 3.51. The molecule has 1 aliphatic rings. The first-order valence-electron chi connectivity index (χ1n) is 6.23. The van der Waals surface area contributed by atoms with Crippen LogP contribution in [0.4, 0.5) is 5.69 Å². The normalized spacial score (nSPS) is 14.3. The summed E-state index contributed by atoms with van der Waals surface area (Å²) in [5.74, 6) is 1.09. The van der Waals surface area contributed by atoms with Crippen molar-refractivity contribution in [2.75, 3.05) is 19.5 Å². The number of nitrogens with two attached hydrogens (primary N) is 1. The Hall–Kier alpha value is -1.71. The molecule has 4 nitrogen and oxygen atoms in total. The van der Waals surface area contributed by atoms with E-state index in [1.807, 2.05) is 13.0 Å². The monoisotopic (exact) mass is 249 g/mol. The predicted molar refractivity (Wildman–Crippen MR) is 69.8 cm³/mol. The summed E-state index contributed by atoms with van der Waals surface area (Å²) in [6.45, 7) is 2.55. The molecule has 0 atom stereocenters. The maximum absolute atomic E-state index is 11.6. The molecule has 1 aromatic rings. The molecule has 18 heavy (non-hydrogen) atoms. The summed E-state index contributed by atoms with van der Waals surface area (Å²) in [5, 5.41) is 0. The lowest BCUT2D eigenvalue weighted by atomic mass is 10.1. The maximum Gasteiger partial charge on any atom is 0.340 e. The van der Waals surface area contributed by atoms with Crippen LogP contribution < -0.4 is 10.5 Å². The maximum atomic E-state index is 11.6. The zero-order valence-corrected chi connectivity index (χ0v) is 10.9. The largest absolute Gasteiger partial charge is 0.494 e. The Labute approximate surface area is 107 Å². The van der Waals surface area contributed by atoms with Gasteiger partial charge >= 0.3 is 5.97 Å². The van der Waals surface area contributed by atoms with Crippen LogP contribution in [-0.4, -0.2) is 19.7 Å². The first-order chi connectivity index (χ1) is 8.61. The van der Waals surface area contributed by atoms with Crippen LogP contribution in [0.5, 0.6) is 5.75 Å². The number of aryl methyl sites for hydroxylation is 1. The van der Waals surface area contributed by atoms with E-state index >= 15 is 0 Å². The van der Waals surface area contributed by atoms with Crippen LogP contribution in [0.3, 0.4) is 0 Å². The highest BCUT2D eigenvalue weighted by Crippen LogP contribution is 2.32. The molecule has 0 bridgehead atoms. The molecule has 0 spiro atoms. The highest BCUT2D eigenvalue weighted by Gasteiger charge is 2.21. The van der Waals surface area contributed by atoms with Gasteiger partial charge in [0, 0.05) is 5.69 Å². The van der Waals surface area contributed by atoms with Gasteiger partial charge in [-0.1, -0.05) is 12.8 Å². The van der Waals surface area contributed by atoms with Crippen molar-refractivity contribution < 1.29 is 14.3 Å². The van der Waals surface area contributed by atoms with Crippen LogP contribution in [0.1, 0.15) is 35.2 Å². The van der Waals surface area contributed by atoms with Gasteiger partial charge in [0.1, 0.15) is 5.75 Å². The number of nitrogen functional groups attached to an aromatic ring is 1. The topological polar surface area (TPSA) is 61.5 Å². The number of methoxy groups -OCH3 is 1. The second kappa shape index (κ2) is 5.29. The van der Waals surface area contributed by atoms with Crippen LogP contribution >= 0.6 is 0 Å². The quantitative estimate of drug-likeness (QED) is 0.643. The van der Waals surface area contributed by atoms with Crippen molar-refractivity contribution in [1.82, 2.24) is 0 Å². The molecule has 0 aromatic heterocycles. The van der Waals surface area contributed by atoms with Gasteiger partial charge in [-0.2, -0.15) is 0 Å². The molecule has 4 heteroatoms. The first kappa shape index (κ1) is 12.7.